The maximum Gasteiger partial charge on any atom is 0.184 e. The highest BCUT2D eigenvalue weighted by Crippen LogP contribution is 2.29. The molecule has 2 aromatic rings. The summed E-state index contributed by atoms with van der Waals surface area (Å²) >= 11 is 0. The summed E-state index contributed by atoms with van der Waals surface area (Å²) in [5, 5.41) is 0. The van der Waals surface area contributed by atoms with Crippen molar-refractivity contribution in [3.63, 3.8) is 0 Å². The van der Waals surface area contributed by atoms with Gasteiger partial charge in [0.05, 0.1) is 20.8 Å². The predicted molar refractivity (Wildman–Crippen MR) is 80.1 cm³/mol. The molecule has 0 atom stereocenters. The lowest BCUT2D eigenvalue weighted by atomic mass is 10.1. The number of carbonyl (C=O) groups is 1. The maximum atomic E-state index is 11.9. The highest BCUT2D eigenvalue weighted by atomic mass is 16.5. The number of rotatable bonds is 7. The average Bonchev–Trinajstić information content (AvgIpc) is 2.96. The number of methoxy groups -OCH3 is 2. The van der Waals surface area contributed by atoms with Gasteiger partial charge >= 0.3 is 0 Å². The minimum absolute atomic E-state index is 0.168. The Labute approximate surface area is 124 Å². The summed E-state index contributed by atoms with van der Waals surface area (Å²) in [4.78, 5) is 16.2. The Bertz CT molecular complexity index is 620. The molecule has 0 radical (unpaired) electrons. The molecule has 0 bridgehead atoms. The molecule has 2 rings (SSSR count). The van der Waals surface area contributed by atoms with Crippen molar-refractivity contribution in [1.29, 1.82) is 0 Å². The van der Waals surface area contributed by atoms with Gasteiger partial charge in [0.15, 0.2) is 17.3 Å². The first kappa shape index (κ1) is 15.1. The second-order valence-corrected chi connectivity index (χ2v) is 4.74. The van der Waals surface area contributed by atoms with E-state index in [4.69, 9.17) is 9.47 Å². The Kier molecular flexibility index (Phi) is 4.98. The second kappa shape index (κ2) is 6.92. The van der Waals surface area contributed by atoms with Gasteiger partial charge in [0.2, 0.25) is 0 Å². The zero-order valence-electron chi connectivity index (χ0n) is 12.6. The fourth-order valence-corrected chi connectivity index (χ4v) is 2.21. The summed E-state index contributed by atoms with van der Waals surface area (Å²) in [6, 6.07) is 3.60. The molecule has 2 aromatic heterocycles. The summed E-state index contributed by atoms with van der Waals surface area (Å²) in [6.45, 7) is 2.53. The maximum absolute atomic E-state index is 11.9. The molecular formula is C16H20N2O3. The molecule has 5 heteroatoms. The van der Waals surface area contributed by atoms with Gasteiger partial charge in [-0.15, -0.1) is 0 Å². The van der Waals surface area contributed by atoms with Gasteiger partial charge in [-0.3, -0.25) is 9.78 Å². The predicted octanol–water partition coefficient (Wildman–Crippen LogP) is 2.93. The van der Waals surface area contributed by atoms with E-state index in [0.717, 1.165) is 17.7 Å². The number of hydrogen-bond acceptors (Lipinski definition) is 4. The van der Waals surface area contributed by atoms with Gasteiger partial charge in [-0.2, -0.15) is 0 Å². The number of aromatic nitrogens is 2. The zero-order valence-corrected chi connectivity index (χ0v) is 12.6. The summed E-state index contributed by atoms with van der Waals surface area (Å²) < 4.78 is 12.6. The molecule has 0 aromatic carbocycles. The minimum Gasteiger partial charge on any atom is -0.493 e. The van der Waals surface area contributed by atoms with Crippen LogP contribution < -0.4 is 9.47 Å². The number of pyridine rings is 1. The Hall–Kier alpha value is -2.30. The van der Waals surface area contributed by atoms with E-state index in [1.54, 1.807) is 26.5 Å². The van der Waals surface area contributed by atoms with E-state index >= 15 is 0 Å². The first-order valence-corrected chi connectivity index (χ1v) is 6.94. The van der Waals surface area contributed by atoms with Crippen LogP contribution in [-0.4, -0.2) is 29.6 Å². The summed E-state index contributed by atoms with van der Waals surface area (Å²) in [5.41, 5.74) is 1.50. The fraction of sp³-hybridized carbons (Fsp3) is 0.375. The number of Topliss-reactive ketones (excluding diaryl/α,β-unsaturated/α-hetero) is 1. The molecule has 5 nitrogen and oxygen atoms in total. The lowest BCUT2D eigenvalue weighted by molar-refractivity contribution is 0.0981. The Balaban J connectivity index is 2.21. The molecule has 0 saturated heterocycles. The molecule has 0 amide bonds. The molecule has 0 unspecified atom stereocenters. The second-order valence-electron chi connectivity index (χ2n) is 4.74. The number of ether oxygens (including phenoxy) is 2. The third-order valence-corrected chi connectivity index (χ3v) is 3.25. The van der Waals surface area contributed by atoms with E-state index in [0.29, 0.717) is 24.5 Å². The van der Waals surface area contributed by atoms with E-state index in [1.165, 1.54) is 0 Å². The molecule has 2 heterocycles. The van der Waals surface area contributed by atoms with Gasteiger partial charge in [-0.25, -0.2) is 0 Å². The molecule has 21 heavy (non-hydrogen) atoms. The molecule has 0 aliphatic heterocycles. The molecule has 0 fully saturated rings. The van der Waals surface area contributed by atoms with Crippen LogP contribution in [0.2, 0.25) is 0 Å². The van der Waals surface area contributed by atoms with E-state index < -0.39 is 0 Å². The number of ketones is 1. The quantitative estimate of drug-likeness (QED) is 0.735. The van der Waals surface area contributed by atoms with Crippen LogP contribution in [0.4, 0.5) is 0 Å². The Morgan fingerprint density at radius 3 is 2.76 bits per heavy atom. The molecule has 112 valence electrons. The molecule has 0 aliphatic rings. The minimum atomic E-state index is 0.168. The zero-order chi connectivity index (χ0) is 15.2. The first-order chi connectivity index (χ1) is 10.2. The largest absolute Gasteiger partial charge is 0.493 e. The van der Waals surface area contributed by atoms with E-state index in [2.05, 4.69) is 4.98 Å². The standard InChI is InChI=1S/C16H20N2O3/c1-4-5-14(19)12-7-9-18(10-12)11-13-16(21-3)15(20-2)6-8-17-13/h6-10H,4-5,11H2,1-3H3. The summed E-state index contributed by atoms with van der Waals surface area (Å²) in [5.74, 6) is 1.44. The van der Waals surface area contributed by atoms with Crippen LogP contribution in [0.25, 0.3) is 0 Å². The molecule has 0 spiro atoms. The topological polar surface area (TPSA) is 53.4 Å². The van der Waals surface area contributed by atoms with E-state index in [9.17, 15) is 4.79 Å². The summed E-state index contributed by atoms with van der Waals surface area (Å²) in [7, 11) is 3.19. The van der Waals surface area contributed by atoms with E-state index in [1.807, 2.05) is 30.0 Å². The smallest absolute Gasteiger partial charge is 0.184 e. The molecule has 0 saturated carbocycles. The van der Waals surface area contributed by atoms with Crippen LogP contribution in [-0.2, 0) is 6.54 Å². The average molecular weight is 288 g/mol. The number of nitrogens with zero attached hydrogens (tertiary/aromatic N) is 2. The van der Waals surface area contributed by atoms with Crippen molar-refractivity contribution in [1.82, 2.24) is 9.55 Å². The Morgan fingerprint density at radius 1 is 1.29 bits per heavy atom. The van der Waals surface area contributed by atoms with Gasteiger partial charge in [0.25, 0.3) is 0 Å². The lowest BCUT2D eigenvalue weighted by Crippen LogP contribution is -2.04. The highest BCUT2D eigenvalue weighted by Gasteiger charge is 2.12. The normalized spacial score (nSPS) is 10.4. The van der Waals surface area contributed by atoms with Crippen LogP contribution in [0.5, 0.6) is 11.5 Å². The van der Waals surface area contributed by atoms with Crippen molar-refractivity contribution < 1.29 is 14.3 Å². The molecule has 0 aliphatic carbocycles. The van der Waals surface area contributed by atoms with Crippen LogP contribution >= 0.6 is 0 Å². The van der Waals surface area contributed by atoms with Crippen LogP contribution in [0.3, 0.4) is 0 Å². The summed E-state index contributed by atoms with van der Waals surface area (Å²) in [6.07, 6.45) is 6.84. The number of carbonyl (C=O) groups excluding carboxylic acids is 1. The molecular weight excluding hydrogens is 268 g/mol. The van der Waals surface area contributed by atoms with Crippen molar-refractivity contribution in [3.8, 4) is 11.5 Å². The van der Waals surface area contributed by atoms with Gasteiger partial charge in [0, 0.05) is 36.6 Å². The van der Waals surface area contributed by atoms with Crippen molar-refractivity contribution in [2.45, 2.75) is 26.3 Å². The first-order valence-electron chi connectivity index (χ1n) is 6.94. The third kappa shape index (κ3) is 3.42. The van der Waals surface area contributed by atoms with Crippen LogP contribution in [0, 0.1) is 0 Å². The van der Waals surface area contributed by atoms with Crippen molar-refractivity contribution >= 4 is 5.78 Å². The number of hydrogen-bond donors (Lipinski definition) is 0. The van der Waals surface area contributed by atoms with Gasteiger partial charge in [-0.1, -0.05) is 6.92 Å². The van der Waals surface area contributed by atoms with Gasteiger partial charge < -0.3 is 14.0 Å². The van der Waals surface area contributed by atoms with Crippen LogP contribution in [0.1, 0.15) is 35.8 Å². The SMILES string of the molecule is CCCC(=O)c1ccn(Cc2nccc(OC)c2OC)c1. The van der Waals surface area contributed by atoms with E-state index in [-0.39, 0.29) is 5.78 Å². The fourth-order valence-electron chi connectivity index (χ4n) is 2.21. The van der Waals surface area contributed by atoms with Gasteiger partial charge in [0.1, 0.15) is 5.69 Å². The van der Waals surface area contributed by atoms with Crippen molar-refractivity contribution in [3.05, 3.63) is 42.0 Å². The molecule has 0 N–H and O–H groups in total. The monoisotopic (exact) mass is 288 g/mol. The third-order valence-electron chi connectivity index (χ3n) is 3.25. The highest BCUT2D eigenvalue weighted by molar-refractivity contribution is 5.95. The van der Waals surface area contributed by atoms with Crippen LogP contribution in [0.15, 0.2) is 30.7 Å². The lowest BCUT2D eigenvalue weighted by Gasteiger charge is -2.11. The van der Waals surface area contributed by atoms with Gasteiger partial charge in [-0.05, 0) is 12.5 Å². The van der Waals surface area contributed by atoms with Crippen molar-refractivity contribution in [2.24, 2.45) is 0 Å². The Morgan fingerprint density at radius 2 is 2.10 bits per heavy atom. The van der Waals surface area contributed by atoms with Crippen molar-refractivity contribution in [2.75, 3.05) is 14.2 Å².